The van der Waals surface area contributed by atoms with Gasteiger partial charge in [0.2, 0.25) is 0 Å². The van der Waals surface area contributed by atoms with E-state index in [2.05, 4.69) is 34.3 Å². The molecule has 5 nitrogen and oxygen atoms in total. The second-order valence-corrected chi connectivity index (χ2v) is 5.74. The van der Waals surface area contributed by atoms with Crippen molar-refractivity contribution in [3.8, 4) is 0 Å². The summed E-state index contributed by atoms with van der Waals surface area (Å²) in [6, 6.07) is 0.285. The molecule has 0 radical (unpaired) electrons. The number of nitrogens with one attached hydrogen (secondary N) is 1. The van der Waals surface area contributed by atoms with Crippen LogP contribution in [0.3, 0.4) is 0 Å². The largest absolute Gasteiger partial charge is 0.317 e. The lowest BCUT2D eigenvalue weighted by Crippen LogP contribution is -2.20. The SMILES string of the molecule is Cc1nc(C)c(C(C)NCc2nnc(C)n2C)s1. The molecule has 18 heavy (non-hydrogen) atoms. The molecule has 1 unspecified atom stereocenters. The molecule has 0 spiro atoms. The lowest BCUT2D eigenvalue weighted by Gasteiger charge is -2.12. The van der Waals surface area contributed by atoms with Crippen LogP contribution in [0.4, 0.5) is 0 Å². The van der Waals surface area contributed by atoms with Crippen LogP contribution in [0.25, 0.3) is 0 Å². The third kappa shape index (κ3) is 2.59. The number of thiazole rings is 1. The average Bonchev–Trinajstić information content (AvgIpc) is 2.81. The molecule has 1 atom stereocenters. The molecule has 0 aliphatic rings. The van der Waals surface area contributed by atoms with Crippen LogP contribution in [0.15, 0.2) is 0 Å². The van der Waals surface area contributed by atoms with E-state index in [9.17, 15) is 0 Å². The Labute approximate surface area is 111 Å². The summed E-state index contributed by atoms with van der Waals surface area (Å²) in [7, 11) is 1.99. The minimum absolute atomic E-state index is 0.285. The Morgan fingerprint density at radius 2 is 2.00 bits per heavy atom. The van der Waals surface area contributed by atoms with Gasteiger partial charge in [0.25, 0.3) is 0 Å². The predicted octanol–water partition coefficient (Wildman–Crippen LogP) is 2.05. The number of aryl methyl sites for hydroxylation is 3. The highest BCUT2D eigenvalue weighted by atomic mass is 32.1. The summed E-state index contributed by atoms with van der Waals surface area (Å²) in [5, 5.41) is 12.8. The Kier molecular flexibility index (Phi) is 3.77. The summed E-state index contributed by atoms with van der Waals surface area (Å²) in [6.07, 6.45) is 0. The fourth-order valence-electron chi connectivity index (χ4n) is 1.89. The Balaban J connectivity index is 2.02. The van der Waals surface area contributed by atoms with Crippen LogP contribution in [0.2, 0.25) is 0 Å². The average molecular weight is 265 g/mol. The number of nitrogens with zero attached hydrogens (tertiary/aromatic N) is 4. The van der Waals surface area contributed by atoms with E-state index >= 15 is 0 Å². The first-order valence-electron chi connectivity index (χ1n) is 6.01. The van der Waals surface area contributed by atoms with Crippen LogP contribution in [0, 0.1) is 20.8 Å². The minimum Gasteiger partial charge on any atom is -0.317 e. The zero-order valence-corrected chi connectivity index (χ0v) is 12.3. The third-order valence-electron chi connectivity index (χ3n) is 3.08. The molecule has 0 bridgehead atoms. The molecule has 2 aromatic rings. The Bertz CT molecular complexity index is 543. The van der Waals surface area contributed by atoms with Crippen molar-refractivity contribution in [2.75, 3.05) is 0 Å². The van der Waals surface area contributed by atoms with E-state index in [-0.39, 0.29) is 6.04 Å². The smallest absolute Gasteiger partial charge is 0.146 e. The van der Waals surface area contributed by atoms with Gasteiger partial charge in [0.1, 0.15) is 11.6 Å². The van der Waals surface area contributed by atoms with E-state index in [4.69, 9.17) is 0 Å². The number of hydrogen-bond donors (Lipinski definition) is 1. The maximum atomic E-state index is 4.45. The number of hydrogen-bond acceptors (Lipinski definition) is 5. The lowest BCUT2D eigenvalue weighted by atomic mass is 10.2. The molecular formula is C12H19N5S. The zero-order valence-electron chi connectivity index (χ0n) is 11.5. The summed E-state index contributed by atoms with van der Waals surface area (Å²) in [6.45, 7) is 8.93. The standard InChI is InChI=1S/C12H19N5S/c1-7(12-8(2)14-10(4)18-12)13-6-11-16-15-9(3)17(11)5/h7,13H,6H2,1-5H3. The van der Waals surface area contributed by atoms with Gasteiger partial charge in [0, 0.05) is 18.0 Å². The van der Waals surface area contributed by atoms with E-state index in [0.717, 1.165) is 28.9 Å². The highest BCUT2D eigenvalue weighted by Crippen LogP contribution is 2.24. The fourth-order valence-corrected chi connectivity index (χ4v) is 2.85. The summed E-state index contributed by atoms with van der Waals surface area (Å²) in [5.41, 5.74) is 1.12. The monoisotopic (exact) mass is 265 g/mol. The van der Waals surface area contributed by atoms with Gasteiger partial charge in [-0.2, -0.15) is 0 Å². The van der Waals surface area contributed by atoms with E-state index in [1.54, 1.807) is 11.3 Å². The van der Waals surface area contributed by atoms with Gasteiger partial charge in [0.15, 0.2) is 0 Å². The molecule has 2 aromatic heterocycles. The summed E-state index contributed by atoms with van der Waals surface area (Å²) in [4.78, 5) is 5.75. The van der Waals surface area contributed by atoms with Crippen LogP contribution in [-0.2, 0) is 13.6 Å². The molecule has 0 aliphatic heterocycles. The van der Waals surface area contributed by atoms with Crippen molar-refractivity contribution in [3.05, 3.63) is 27.2 Å². The van der Waals surface area contributed by atoms with Gasteiger partial charge in [-0.25, -0.2) is 4.98 Å². The van der Waals surface area contributed by atoms with Crippen LogP contribution in [0.1, 0.15) is 40.2 Å². The van der Waals surface area contributed by atoms with Crippen molar-refractivity contribution >= 4 is 11.3 Å². The van der Waals surface area contributed by atoms with Gasteiger partial charge in [-0.1, -0.05) is 0 Å². The molecule has 6 heteroatoms. The maximum absolute atomic E-state index is 4.45. The first kappa shape index (κ1) is 13.2. The van der Waals surface area contributed by atoms with Crippen molar-refractivity contribution in [1.29, 1.82) is 0 Å². The maximum Gasteiger partial charge on any atom is 0.146 e. The number of rotatable bonds is 4. The molecule has 1 N–H and O–H groups in total. The molecule has 98 valence electrons. The molecule has 0 saturated heterocycles. The highest BCUT2D eigenvalue weighted by Gasteiger charge is 2.13. The highest BCUT2D eigenvalue weighted by molar-refractivity contribution is 7.11. The van der Waals surface area contributed by atoms with E-state index in [1.165, 1.54) is 4.88 Å². The second-order valence-electron chi connectivity index (χ2n) is 4.51. The van der Waals surface area contributed by atoms with Gasteiger partial charge >= 0.3 is 0 Å². The van der Waals surface area contributed by atoms with Crippen molar-refractivity contribution in [2.45, 2.75) is 40.3 Å². The van der Waals surface area contributed by atoms with Crippen molar-refractivity contribution in [2.24, 2.45) is 7.05 Å². The third-order valence-corrected chi connectivity index (χ3v) is 4.34. The molecular weight excluding hydrogens is 246 g/mol. The fraction of sp³-hybridized carbons (Fsp3) is 0.583. The van der Waals surface area contributed by atoms with Gasteiger partial charge in [-0.3, -0.25) is 0 Å². The number of aromatic nitrogens is 4. The predicted molar refractivity (Wildman–Crippen MR) is 72.6 cm³/mol. The second kappa shape index (κ2) is 5.16. The van der Waals surface area contributed by atoms with Gasteiger partial charge in [0.05, 0.1) is 17.2 Å². The van der Waals surface area contributed by atoms with E-state index < -0.39 is 0 Å². The normalized spacial score (nSPS) is 12.9. The summed E-state index contributed by atoms with van der Waals surface area (Å²) >= 11 is 1.75. The van der Waals surface area contributed by atoms with E-state index in [0.29, 0.717) is 0 Å². The van der Waals surface area contributed by atoms with Gasteiger partial charge in [-0.15, -0.1) is 21.5 Å². The first-order chi connectivity index (χ1) is 8.49. The van der Waals surface area contributed by atoms with Crippen LogP contribution >= 0.6 is 11.3 Å². The Morgan fingerprint density at radius 1 is 1.28 bits per heavy atom. The Morgan fingerprint density at radius 3 is 2.50 bits per heavy atom. The summed E-state index contributed by atoms with van der Waals surface area (Å²) < 4.78 is 2.00. The van der Waals surface area contributed by atoms with Gasteiger partial charge in [-0.05, 0) is 27.7 Å². The van der Waals surface area contributed by atoms with Crippen LogP contribution in [-0.4, -0.2) is 19.7 Å². The molecule has 0 aliphatic carbocycles. The Hall–Kier alpha value is -1.27. The zero-order chi connectivity index (χ0) is 13.3. The lowest BCUT2D eigenvalue weighted by molar-refractivity contribution is 0.551. The molecule has 2 heterocycles. The molecule has 0 saturated carbocycles. The van der Waals surface area contributed by atoms with Gasteiger partial charge < -0.3 is 9.88 Å². The molecule has 0 amide bonds. The van der Waals surface area contributed by atoms with Crippen LogP contribution < -0.4 is 5.32 Å². The quantitative estimate of drug-likeness (QED) is 0.919. The van der Waals surface area contributed by atoms with Crippen molar-refractivity contribution in [1.82, 2.24) is 25.1 Å². The molecule has 0 fully saturated rings. The van der Waals surface area contributed by atoms with Crippen molar-refractivity contribution < 1.29 is 0 Å². The topological polar surface area (TPSA) is 55.6 Å². The molecule has 2 rings (SSSR count). The summed E-state index contributed by atoms with van der Waals surface area (Å²) in [5.74, 6) is 1.89. The molecule has 0 aromatic carbocycles. The van der Waals surface area contributed by atoms with Crippen molar-refractivity contribution in [3.63, 3.8) is 0 Å². The first-order valence-corrected chi connectivity index (χ1v) is 6.83. The minimum atomic E-state index is 0.285. The van der Waals surface area contributed by atoms with Crippen LogP contribution in [0.5, 0.6) is 0 Å². The van der Waals surface area contributed by atoms with E-state index in [1.807, 2.05) is 25.5 Å².